The van der Waals surface area contributed by atoms with Crippen LogP contribution in [0, 0.1) is 6.92 Å². The van der Waals surface area contributed by atoms with Gasteiger partial charge >= 0.3 is 0 Å². The predicted octanol–water partition coefficient (Wildman–Crippen LogP) is 4.07. The Hall–Kier alpha value is -1.55. The molecule has 0 aliphatic heterocycles. The average Bonchev–Trinajstić information content (AvgIpc) is 2.73. The Balaban J connectivity index is 2.35. The van der Waals surface area contributed by atoms with E-state index in [4.69, 9.17) is 9.73 Å². The molecule has 0 atom stereocenters. The van der Waals surface area contributed by atoms with Gasteiger partial charge in [0.25, 0.3) is 0 Å². The van der Waals surface area contributed by atoms with Gasteiger partial charge in [-0.1, -0.05) is 0 Å². The fraction of sp³-hybridized carbons (Fsp3) is 0.400. The van der Waals surface area contributed by atoms with Crippen molar-refractivity contribution >= 4 is 17.0 Å². The second-order valence-corrected chi connectivity index (χ2v) is 5.50. The number of hydrogen-bond acceptors (Lipinski definition) is 3. The molecule has 2 rings (SSSR count). The molecular formula is C15H20N2OS. The zero-order valence-electron chi connectivity index (χ0n) is 11.9. The summed E-state index contributed by atoms with van der Waals surface area (Å²) in [4.78, 5) is 5.75. The van der Waals surface area contributed by atoms with Crippen molar-refractivity contribution in [3.63, 3.8) is 0 Å². The summed E-state index contributed by atoms with van der Waals surface area (Å²) >= 11 is 1.68. The third-order valence-electron chi connectivity index (χ3n) is 2.81. The lowest BCUT2D eigenvalue weighted by molar-refractivity contribution is 0.340. The van der Waals surface area contributed by atoms with E-state index in [-0.39, 0.29) is 0 Å². The van der Waals surface area contributed by atoms with Crippen molar-refractivity contribution in [3.8, 4) is 5.75 Å². The molecule has 0 saturated heterocycles. The standard InChI is InChI=1S/C15H20N2OS/c1-5-18-14-8-6-13(7-9-14)16-15-17(11(2)3)12(4)10-19-15/h6-11H,5H2,1-4H3. The van der Waals surface area contributed by atoms with E-state index in [0.717, 1.165) is 16.2 Å². The van der Waals surface area contributed by atoms with Crippen molar-refractivity contribution < 1.29 is 4.74 Å². The SMILES string of the molecule is CCOc1ccc(N=c2scc(C)n2C(C)C)cc1. The molecule has 1 heterocycles. The van der Waals surface area contributed by atoms with Crippen molar-refractivity contribution in [1.29, 1.82) is 0 Å². The largest absolute Gasteiger partial charge is 0.494 e. The molecule has 1 aromatic carbocycles. The Kier molecular flexibility index (Phi) is 4.43. The quantitative estimate of drug-likeness (QED) is 0.826. The summed E-state index contributed by atoms with van der Waals surface area (Å²) in [6, 6.07) is 8.33. The first-order chi connectivity index (χ1) is 9.11. The third-order valence-corrected chi connectivity index (χ3v) is 3.77. The normalized spacial score (nSPS) is 12.2. The van der Waals surface area contributed by atoms with E-state index in [1.165, 1.54) is 5.69 Å². The van der Waals surface area contributed by atoms with E-state index in [1.807, 2.05) is 31.2 Å². The number of ether oxygens (including phenoxy) is 1. The number of benzene rings is 1. The van der Waals surface area contributed by atoms with Gasteiger partial charge in [-0.2, -0.15) is 0 Å². The van der Waals surface area contributed by atoms with Gasteiger partial charge in [-0.15, -0.1) is 11.3 Å². The lowest BCUT2D eigenvalue weighted by atomic mass is 10.3. The molecule has 0 N–H and O–H groups in total. The highest BCUT2D eigenvalue weighted by molar-refractivity contribution is 7.07. The fourth-order valence-corrected chi connectivity index (χ4v) is 3.02. The fourth-order valence-electron chi connectivity index (χ4n) is 2.00. The van der Waals surface area contributed by atoms with E-state index in [0.29, 0.717) is 12.6 Å². The molecule has 0 bridgehead atoms. The van der Waals surface area contributed by atoms with Gasteiger partial charge in [0.2, 0.25) is 0 Å². The minimum Gasteiger partial charge on any atom is -0.494 e. The number of aromatic nitrogens is 1. The molecule has 0 spiro atoms. The number of thiazole rings is 1. The molecule has 0 aliphatic carbocycles. The summed E-state index contributed by atoms with van der Waals surface area (Å²) in [6.07, 6.45) is 0. The van der Waals surface area contributed by atoms with Crippen LogP contribution < -0.4 is 9.54 Å². The second-order valence-electron chi connectivity index (χ2n) is 4.66. The summed E-state index contributed by atoms with van der Waals surface area (Å²) < 4.78 is 7.68. The highest BCUT2D eigenvalue weighted by Gasteiger charge is 2.04. The predicted molar refractivity (Wildman–Crippen MR) is 80.3 cm³/mol. The van der Waals surface area contributed by atoms with Crippen molar-refractivity contribution in [2.45, 2.75) is 33.7 Å². The topological polar surface area (TPSA) is 26.5 Å². The van der Waals surface area contributed by atoms with Crippen LogP contribution in [0.4, 0.5) is 5.69 Å². The molecule has 0 unspecified atom stereocenters. The molecule has 4 heteroatoms. The van der Waals surface area contributed by atoms with Crippen LogP contribution in [0.15, 0.2) is 34.6 Å². The Bertz CT molecular complexity index is 593. The van der Waals surface area contributed by atoms with Gasteiger partial charge < -0.3 is 9.30 Å². The molecule has 3 nitrogen and oxygen atoms in total. The van der Waals surface area contributed by atoms with Gasteiger partial charge in [-0.3, -0.25) is 0 Å². The molecule has 0 aliphatic rings. The molecule has 102 valence electrons. The molecule has 0 fully saturated rings. The van der Waals surface area contributed by atoms with Crippen LogP contribution in [0.1, 0.15) is 32.5 Å². The summed E-state index contributed by atoms with van der Waals surface area (Å²) in [5, 5.41) is 2.15. The Morgan fingerprint density at radius 2 is 1.95 bits per heavy atom. The number of hydrogen-bond donors (Lipinski definition) is 0. The van der Waals surface area contributed by atoms with Gasteiger partial charge in [-0.25, -0.2) is 4.99 Å². The van der Waals surface area contributed by atoms with Gasteiger partial charge in [0.05, 0.1) is 12.3 Å². The van der Waals surface area contributed by atoms with Crippen LogP contribution in [-0.2, 0) is 0 Å². The molecule has 1 aromatic heterocycles. The smallest absolute Gasteiger partial charge is 0.190 e. The van der Waals surface area contributed by atoms with Gasteiger partial charge in [0.15, 0.2) is 4.80 Å². The number of rotatable bonds is 4. The minimum absolute atomic E-state index is 0.424. The minimum atomic E-state index is 0.424. The molecule has 2 aromatic rings. The van der Waals surface area contributed by atoms with Crippen molar-refractivity contribution in [2.75, 3.05) is 6.61 Å². The van der Waals surface area contributed by atoms with E-state index in [2.05, 4.69) is 30.7 Å². The summed E-state index contributed by atoms with van der Waals surface area (Å²) in [7, 11) is 0. The second kappa shape index (κ2) is 6.06. The summed E-state index contributed by atoms with van der Waals surface area (Å²) in [5.74, 6) is 0.889. The highest BCUT2D eigenvalue weighted by atomic mass is 32.1. The van der Waals surface area contributed by atoms with Crippen LogP contribution in [0.3, 0.4) is 0 Å². The van der Waals surface area contributed by atoms with E-state index in [1.54, 1.807) is 11.3 Å². The Morgan fingerprint density at radius 1 is 1.26 bits per heavy atom. The lowest BCUT2D eigenvalue weighted by Gasteiger charge is -2.09. The monoisotopic (exact) mass is 276 g/mol. The zero-order valence-corrected chi connectivity index (χ0v) is 12.7. The van der Waals surface area contributed by atoms with Crippen LogP contribution in [0.2, 0.25) is 0 Å². The summed E-state index contributed by atoms with van der Waals surface area (Å²) in [5.41, 5.74) is 2.21. The van der Waals surface area contributed by atoms with Gasteiger partial charge in [0, 0.05) is 17.1 Å². The highest BCUT2D eigenvalue weighted by Crippen LogP contribution is 2.18. The van der Waals surface area contributed by atoms with Gasteiger partial charge in [0.1, 0.15) is 5.75 Å². The Morgan fingerprint density at radius 3 is 2.53 bits per heavy atom. The number of aryl methyl sites for hydroxylation is 1. The molecule has 0 radical (unpaired) electrons. The first kappa shape index (κ1) is 13.9. The van der Waals surface area contributed by atoms with Gasteiger partial charge in [-0.05, 0) is 52.0 Å². The van der Waals surface area contributed by atoms with Crippen LogP contribution in [0.5, 0.6) is 5.75 Å². The van der Waals surface area contributed by atoms with Crippen LogP contribution in [0.25, 0.3) is 0 Å². The average molecular weight is 276 g/mol. The molecule has 19 heavy (non-hydrogen) atoms. The van der Waals surface area contributed by atoms with Crippen molar-refractivity contribution in [3.05, 3.63) is 40.1 Å². The number of nitrogens with zero attached hydrogens (tertiary/aromatic N) is 2. The molecule has 0 saturated carbocycles. The lowest BCUT2D eigenvalue weighted by Crippen LogP contribution is -2.17. The van der Waals surface area contributed by atoms with E-state index < -0.39 is 0 Å². The maximum Gasteiger partial charge on any atom is 0.190 e. The molecular weight excluding hydrogens is 256 g/mol. The van der Waals surface area contributed by atoms with Crippen molar-refractivity contribution in [2.24, 2.45) is 4.99 Å². The summed E-state index contributed by atoms with van der Waals surface area (Å²) in [6.45, 7) is 9.15. The first-order valence-corrected chi connectivity index (χ1v) is 7.44. The van der Waals surface area contributed by atoms with Crippen LogP contribution >= 0.6 is 11.3 Å². The maximum atomic E-state index is 5.43. The van der Waals surface area contributed by atoms with E-state index in [9.17, 15) is 0 Å². The third kappa shape index (κ3) is 3.26. The molecule has 0 amide bonds. The van der Waals surface area contributed by atoms with E-state index >= 15 is 0 Å². The maximum absolute atomic E-state index is 5.43. The zero-order chi connectivity index (χ0) is 13.8. The van der Waals surface area contributed by atoms with Crippen molar-refractivity contribution in [1.82, 2.24) is 4.57 Å². The Labute approximate surface area is 118 Å². The first-order valence-electron chi connectivity index (χ1n) is 6.56. The van der Waals surface area contributed by atoms with Crippen LogP contribution in [-0.4, -0.2) is 11.2 Å².